The molecule has 0 fully saturated rings. The fourth-order valence-electron chi connectivity index (χ4n) is 1.03. The van der Waals surface area contributed by atoms with Crippen LogP contribution in [-0.4, -0.2) is 24.0 Å². The Balaban J connectivity index is 2.74. The number of nitrogens with one attached hydrogen (secondary N) is 1. The molecule has 15 heavy (non-hydrogen) atoms. The van der Waals surface area contributed by atoms with Gasteiger partial charge in [-0.3, -0.25) is 0 Å². The zero-order valence-corrected chi connectivity index (χ0v) is 8.30. The van der Waals surface area contributed by atoms with E-state index in [0.717, 1.165) is 5.56 Å². The maximum atomic E-state index is 10.1. The van der Waals surface area contributed by atoms with Crippen molar-refractivity contribution >= 4 is 12.3 Å². The molecule has 1 amide bonds. The van der Waals surface area contributed by atoms with Gasteiger partial charge in [-0.25, -0.2) is 10.2 Å². The minimum Gasteiger partial charge on any atom is -0.493 e. The number of hydrazone groups is 1. The van der Waals surface area contributed by atoms with Crippen LogP contribution in [0.1, 0.15) is 12.5 Å². The second kappa shape index (κ2) is 5.64. The van der Waals surface area contributed by atoms with Gasteiger partial charge in [-0.15, -0.1) is 0 Å². The van der Waals surface area contributed by atoms with Crippen LogP contribution in [-0.2, 0) is 0 Å². The summed E-state index contributed by atoms with van der Waals surface area (Å²) in [6.07, 6.45) is 0.208. The Bertz CT molecular complexity index is 363. The van der Waals surface area contributed by atoms with Crippen LogP contribution in [0.3, 0.4) is 0 Å². The Kier molecular flexibility index (Phi) is 4.15. The number of amides is 1. The highest BCUT2D eigenvalue weighted by molar-refractivity contribution is 5.84. The van der Waals surface area contributed by atoms with Gasteiger partial charge in [0.1, 0.15) is 5.75 Å². The van der Waals surface area contributed by atoms with Gasteiger partial charge in [-0.2, -0.15) is 5.10 Å². The molecule has 5 nitrogen and oxygen atoms in total. The molecule has 5 heteroatoms. The van der Waals surface area contributed by atoms with Crippen molar-refractivity contribution in [3.05, 3.63) is 29.8 Å². The molecule has 0 radical (unpaired) electrons. The average Bonchev–Trinajstić information content (AvgIpc) is 2.20. The predicted molar refractivity (Wildman–Crippen MR) is 56.4 cm³/mol. The van der Waals surface area contributed by atoms with E-state index in [1.54, 1.807) is 12.1 Å². The predicted octanol–water partition coefficient (Wildman–Crippen LogP) is 1.69. The van der Waals surface area contributed by atoms with Gasteiger partial charge in [0.15, 0.2) is 0 Å². The molecule has 0 bridgehead atoms. The number of carboxylic acid groups (broad SMARTS) is 1. The van der Waals surface area contributed by atoms with Crippen LogP contribution in [0.4, 0.5) is 4.79 Å². The molecular formula is C10H12N2O3. The van der Waals surface area contributed by atoms with Crippen molar-refractivity contribution in [2.75, 3.05) is 6.61 Å². The number of hydrogen-bond donors (Lipinski definition) is 2. The summed E-state index contributed by atoms with van der Waals surface area (Å²) in [5.74, 6) is 0.677. The standard InChI is InChI=1S/C10H12N2O3/c1-2-15-9-6-4-3-5-8(9)7-11-12-10(13)14/h3-7,12H,2H2,1H3,(H,13,14)/b11-7-. The summed E-state index contributed by atoms with van der Waals surface area (Å²) in [7, 11) is 0. The lowest BCUT2D eigenvalue weighted by atomic mass is 10.2. The third-order valence-electron chi connectivity index (χ3n) is 1.58. The lowest BCUT2D eigenvalue weighted by Crippen LogP contribution is -2.13. The maximum Gasteiger partial charge on any atom is 0.425 e. The fraction of sp³-hybridized carbons (Fsp3) is 0.200. The van der Waals surface area contributed by atoms with Crippen LogP contribution in [0.15, 0.2) is 29.4 Å². The number of para-hydroxylation sites is 1. The Morgan fingerprint density at radius 3 is 3.00 bits per heavy atom. The highest BCUT2D eigenvalue weighted by Crippen LogP contribution is 2.15. The molecule has 0 saturated heterocycles. The van der Waals surface area contributed by atoms with Crippen molar-refractivity contribution < 1.29 is 14.6 Å². The van der Waals surface area contributed by atoms with E-state index in [2.05, 4.69) is 5.10 Å². The smallest absolute Gasteiger partial charge is 0.425 e. The van der Waals surface area contributed by atoms with Crippen LogP contribution in [0.25, 0.3) is 0 Å². The van der Waals surface area contributed by atoms with Gasteiger partial charge in [0.25, 0.3) is 0 Å². The molecule has 0 saturated carbocycles. The maximum absolute atomic E-state index is 10.1. The zero-order chi connectivity index (χ0) is 11.1. The second-order valence-electron chi connectivity index (χ2n) is 2.65. The van der Waals surface area contributed by atoms with Gasteiger partial charge in [-0.1, -0.05) is 12.1 Å². The largest absolute Gasteiger partial charge is 0.493 e. The van der Waals surface area contributed by atoms with Crippen molar-refractivity contribution in [1.82, 2.24) is 5.43 Å². The van der Waals surface area contributed by atoms with Gasteiger partial charge in [0.2, 0.25) is 0 Å². The monoisotopic (exact) mass is 208 g/mol. The van der Waals surface area contributed by atoms with Gasteiger partial charge < -0.3 is 9.84 Å². The van der Waals surface area contributed by atoms with Gasteiger partial charge in [0.05, 0.1) is 12.8 Å². The van der Waals surface area contributed by atoms with E-state index in [4.69, 9.17) is 9.84 Å². The van der Waals surface area contributed by atoms with Crippen LogP contribution in [0.5, 0.6) is 5.75 Å². The van der Waals surface area contributed by atoms with Crippen molar-refractivity contribution in [2.45, 2.75) is 6.92 Å². The van der Waals surface area contributed by atoms with E-state index >= 15 is 0 Å². The molecule has 2 N–H and O–H groups in total. The molecular weight excluding hydrogens is 196 g/mol. The topological polar surface area (TPSA) is 70.9 Å². The second-order valence-corrected chi connectivity index (χ2v) is 2.65. The van der Waals surface area contributed by atoms with E-state index in [1.807, 2.05) is 24.5 Å². The quantitative estimate of drug-likeness (QED) is 0.584. The number of rotatable bonds is 4. The summed E-state index contributed by atoms with van der Waals surface area (Å²) in [6, 6.07) is 7.25. The van der Waals surface area contributed by atoms with Gasteiger partial charge in [0, 0.05) is 5.56 Å². The molecule has 0 aromatic heterocycles. The lowest BCUT2D eigenvalue weighted by molar-refractivity contribution is 0.195. The number of benzene rings is 1. The molecule has 0 atom stereocenters. The van der Waals surface area contributed by atoms with E-state index < -0.39 is 6.09 Å². The summed E-state index contributed by atoms with van der Waals surface area (Å²) in [5, 5.41) is 11.8. The minimum atomic E-state index is -1.19. The Hall–Kier alpha value is -2.04. The summed E-state index contributed by atoms with van der Waals surface area (Å²) in [4.78, 5) is 10.1. The summed E-state index contributed by atoms with van der Waals surface area (Å²) < 4.78 is 5.33. The van der Waals surface area contributed by atoms with E-state index in [0.29, 0.717) is 12.4 Å². The SMILES string of the molecule is CCOc1ccccc1/C=N\NC(=O)O. The van der Waals surface area contributed by atoms with Crippen molar-refractivity contribution in [3.63, 3.8) is 0 Å². The highest BCUT2D eigenvalue weighted by atomic mass is 16.5. The average molecular weight is 208 g/mol. The van der Waals surface area contributed by atoms with Crippen LogP contribution in [0, 0.1) is 0 Å². The number of ether oxygens (including phenoxy) is 1. The number of carbonyl (C=O) groups is 1. The molecule has 1 aromatic carbocycles. The van der Waals surface area contributed by atoms with E-state index in [1.165, 1.54) is 6.21 Å². The molecule has 0 heterocycles. The van der Waals surface area contributed by atoms with Crippen molar-refractivity contribution in [1.29, 1.82) is 0 Å². The zero-order valence-electron chi connectivity index (χ0n) is 8.30. The van der Waals surface area contributed by atoms with Crippen LogP contribution >= 0.6 is 0 Å². The summed E-state index contributed by atoms with van der Waals surface area (Å²) in [5.41, 5.74) is 2.62. The Labute approximate surface area is 87.4 Å². The van der Waals surface area contributed by atoms with Crippen LogP contribution in [0.2, 0.25) is 0 Å². The molecule has 0 spiro atoms. The summed E-state index contributed by atoms with van der Waals surface area (Å²) in [6.45, 7) is 2.43. The third-order valence-corrected chi connectivity index (χ3v) is 1.58. The number of nitrogens with zero attached hydrogens (tertiary/aromatic N) is 1. The van der Waals surface area contributed by atoms with Gasteiger partial charge >= 0.3 is 6.09 Å². The van der Waals surface area contributed by atoms with Crippen molar-refractivity contribution in [2.24, 2.45) is 5.10 Å². The molecule has 0 aliphatic rings. The van der Waals surface area contributed by atoms with Crippen molar-refractivity contribution in [3.8, 4) is 5.75 Å². The van der Waals surface area contributed by atoms with Gasteiger partial charge in [-0.05, 0) is 19.1 Å². The minimum absolute atomic E-state index is 0.553. The molecule has 80 valence electrons. The first kappa shape index (κ1) is 11.0. The molecule has 1 aromatic rings. The Morgan fingerprint density at radius 2 is 2.33 bits per heavy atom. The first-order valence-corrected chi connectivity index (χ1v) is 4.48. The first-order chi connectivity index (χ1) is 7.24. The Morgan fingerprint density at radius 1 is 1.60 bits per heavy atom. The van der Waals surface area contributed by atoms with Crippen LogP contribution < -0.4 is 10.2 Å². The molecule has 1 rings (SSSR count). The molecule has 0 aliphatic carbocycles. The third kappa shape index (κ3) is 3.68. The highest BCUT2D eigenvalue weighted by Gasteiger charge is 1.98. The first-order valence-electron chi connectivity index (χ1n) is 4.48. The normalized spacial score (nSPS) is 10.2. The van der Waals surface area contributed by atoms with E-state index in [-0.39, 0.29) is 0 Å². The lowest BCUT2D eigenvalue weighted by Gasteiger charge is -2.05. The molecule has 0 aliphatic heterocycles. The fourth-order valence-corrected chi connectivity index (χ4v) is 1.03. The number of hydrogen-bond acceptors (Lipinski definition) is 3. The summed E-state index contributed by atoms with van der Waals surface area (Å²) >= 11 is 0. The van der Waals surface area contributed by atoms with E-state index in [9.17, 15) is 4.79 Å². The molecule has 0 unspecified atom stereocenters.